The van der Waals surface area contributed by atoms with Gasteiger partial charge in [-0.2, -0.15) is 0 Å². The summed E-state index contributed by atoms with van der Waals surface area (Å²) in [6.45, 7) is 8.36. The van der Waals surface area contributed by atoms with Gasteiger partial charge in [0.1, 0.15) is 11.6 Å². The third kappa shape index (κ3) is 6.32. The lowest BCUT2D eigenvalue weighted by atomic mass is 10.2. The third-order valence-corrected chi connectivity index (χ3v) is 5.58. The highest BCUT2D eigenvalue weighted by Crippen LogP contribution is 2.25. The molecule has 9 heteroatoms. The SMILES string of the molecule is C=CCn1c(SCC(=O)Nc2ccc(Cl)cn2)nnc1C(C)Oc1ccc(CC)cc1. The maximum absolute atomic E-state index is 12.3. The molecule has 0 saturated heterocycles. The number of aromatic nitrogens is 4. The summed E-state index contributed by atoms with van der Waals surface area (Å²) in [4.78, 5) is 16.3. The number of nitrogens with one attached hydrogen (secondary N) is 1. The Kier molecular flexibility index (Phi) is 8.08. The number of benzene rings is 1. The van der Waals surface area contributed by atoms with Crippen molar-refractivity contribution >= 4 is 35.1 Å². The molecule has 31 heavy (non-hydrogen) atoms. The highest BCUT2D eigenvalue weighted by molar-refractivity contribution is 7.99. The van der Waals surface area contributed by atoms with Crippen LogP contribution in [0.1, 0.15) is 31.3 Å². The fourth-order valence-electron chi connectivity index (χ4n) is 2.83. The summed E-state index contributed by atoms with van der Waals surface area (Å²) in [7, 11) is 0. The topological polar surface area (TPSA) is 81.9 Å². The largest absolute Gasteiger partial charge is 0.483 e. The van der Waals surface area contributed by atoms with E-state index >= 15 is 0 Å². The number of pyridine rings is 1. The monoisotopic (exact) mass is 457 g/mol. The van der Waals surface area contributed by atoms with E-state index in [2.05, 4.69) is 34.0 Å². The molecule has 3 aromatic rings. The van der Waals surface area contributed by atoms with Crippen LogP contribution in [-0.2, 0) is 17.8 Å². The molecular weight excluding hydrogens is 434 g/mol. The van der Waals surface area contributed by atoms with Gasteiger partial charge >= 0.3 is 0 Å². The molecule has 0 radical (unpaired) electrons. The lowest BCUT2D eigenvalue weighted by Crippen LogP contribution is -2.16. The Hall–Kier alpha value is -2.84. The quantitative estimate of drug-likeness (QED) is 0.343. The number of rotatable bonds is 10. The standard InChI is InChI=1S/C22H24ClN5O2S/c1-4-12-28-21(15(3)30-18-9-6-16(5-2)7-10-18)26-27-22(28)31-14-20(29)25-19-11-8-17(23)13-24-19/h4,6-11,13,15H,1,5,12,14H2,2-3H3,(H,24,25,29). The van der Waals surface area contributed by atoms with Crippen molar-refractivity contribution in [1.29, 1.82) is 0 Å². The summed E-state index contributed by atoms with van der Waals surface area (Å²) in [5, 5.41) is 12.4. The van der Waals surface area contributed by atoms with Crippen LogP contribution in [0.25, 0.3) is 0 Å². The van der Waals surface area contributed by atoms with Gasteiger partial charge in [0.15, 0.2) is 17.1 Å². The summed E-state index contributed by atoms with van der Waals surface area (Å²) in [6.07, 6.45) is 3.90. The molecule has 0 saturated carbocycles. The number of nitrogens with zero attached hydrogens (tertiary/aromatic N) is 4. The molecule has 2 heterocycles. The highest BCUT2D eigenvalue weighted by Gasteiger charge is 2.20. The average molecular weight is 458 g/mol. The first-order valence-electron chi connectivity index (χ1n) is 9.84. The zero-order chi connectivity index (χ0) is 22.2. The first kappa shape index (κ1) is 22.8. The van der Waals surface area contributed by atoms with E-state index < -0.39 is 0 Å². The Balaban J connectivity index is 1.65. The lowest BCUT2D eigenvalue weighted by molar-refractivity contribution is -0.113. The van der Waals surface area contributed by atoms with Crippen LogP contribution < -0.4 is 10.1 Å². The summed E-state index contributed by atoms with van der Waals surface area (Å²) in [6, 6.07) is 11.3. The number of hydrogen-bond donors (Lipinski definition) is 1. The van der Waals surface area contributed by atoms with Gasteiger partial charge in [-0.3, -0.25) is 9.36 Å². The maximum atomic E-state index is 12.3. The zero-order valence-corrected chi connectivity index (χ0v) is 19.0. The number of allylic oxidation sites excluding steroid dienone is 1. The number of anilines is 1. The zero-order valence-electron chi connectivity index (χ0n) is 17.4. The van der Waals surface area contributed by atoms with Crippen molar-refractivity contribution in [3.8, 4) is 5.75 Å². The van der Waals surface area contributed by atoms with Crippen LogP contribution >= 0.6 is 23.4 Å². The smallest absolute Gasteiger partial charge is 0.236 e. The van der Waals surface area contributed by atoms with Crippen molar-refractivity contribution in [3.63, 3.8) is 0 Å². The van der Waals surface area contributed by atoms with E-state index in [4.69, 9.17) is 16.3 Å². The minimum atomic E-state index is -0.318. The molecular formula is C22H24ClN5O2S. The second-order valence-corrected chi connectivity index (χ2v) is 8.08. The van der Waals surface area contributed by atoms with Gasteiger partial charge in [0.2, 0.25) is 5.91 Å². The molecule has 3 rings (SSSR count). The van der Waals surface area contributed by atoms with Gasteiger partial charge < -0.3 is 10.1 Å². The molecule has 1 aromatic carbocycles. The molecule has 1 N–H and O–H groups in total. The molecule has 0 aliphatic carbocycles. The maximum Gasteiger partial charge on any atom is 0.236 e. The van der Waals surface area contributed by atoms with Crippen LogP contribution in [-0.4, -0.2) is 31.4 Å². The normalized spacial score (nSPS) is 11.7. The van der Waals surface area contributed by atoms with Gasteiger partial charge in [-0.1, -0.05) is 48.5 Å². The van der Waals surface area contributed by atoms with Crippen molar-refractivity contribution < 1.29 is 9.53 Å². The molecule has 0 fully saturated rings. The van der Waals surface area contributed by atoms with Crippen LogP contribution in [0.4, 0.5) is 5.82 Å². The Morgan fingerprint density at radius 2 is 2.06 bits per heavy atom. The number of carbonyl (C=O) groups is 1. The van der Waals surface area contributed by atoms with Crippen LogP contribution in [0, 0.1) is 0 Å². The molecule has 0 aliphatic rings. The molecule has 1 unspecified atom stereocenters. The van der Waals surface area contributed by atoms with Gasteiger partial charge in [-0.15, -0.1) is 16.8 Å². The van der Waals surface area contributed by atoms with Crippen LogP contribution in [0.3, 0.4) is 0 Å². The first-order valence-corrected chi connectivity index (χ1v) is 11.2. The molecule has 1 atom stereocenters. The predicted molar refractivity (Wildman–Crippen MR) is 124 cm³/mol. The minimum Gasteiger partial charge on any atom is -0.483 e. The van der Waals surface area contributed by atoms with E-state index in [0.29, 0.717) is 28.4 Å². The summed E-state index contributed by atoms with van der Waals surface area (Å²) >= 11 is 7.10. The Morgan fingerprint density at radius 3 is 2.71 bits per heavy atom. The van der Waals surface area contributed by atoms with Crippen molar-refractivity contribution in [1.82, 2.24) is 19.7 Å². The number of thioether (sulfide) groups is 1. The van der Waals surface area contributed by atoms with Gasteiger partial charge in [0, 0.05) is 12.7 Å². The van der Waals surface area contributed by atoms with E-state index in [1.165, 1.54) is 23.5 Å². The Morgan fingerprint density at radius 1 is 1.29 bits per heavy atom. The van der Waals surface area contributed by atoms with Crippen molar-refractivity contribution in [2.75, 3.05) is 11.1 Å². The number of halogens is 1. The Labute approximate surface area is 190 Å². The fourth-order valence-corrected chi connectivity index (χ4v) is 3.69. The van der Waals surface area contributed by atoms with Crippen molar-refractivity contribution in [2.45, 2.75) is 38.1 Å². The van der Waals surface area contributed by atoms with E-state index in [1.54, 1.807) is 18.2 Å². The molecule has 0 spiro atoms. The molecule has 162 valence electrons. The molecule has 1 amide bonds. The molecule has 7 nitrogen and oxygen atoms in total. The van der Waals surface area contributed by atoms with Gasteiger partial charge in [0.05, 0.1) is 10.8 Å². The predicted octanol–water partition coefficient (Wildman–Crippen LogP) is 4.95. The number of aryl methyl sites for hydroxylation is 1. The van der Waals surface area contributed by atoms with Gasteiger partial charge in [-0.25, -0.2) is 4.98 Å². The molecule has 2 aromatic heterocycles. The number of ether oxygens (including phenoxy) is 1. The minimum absolute atomic E-state index is 0.160. The summed E-state index contributed by atoms with van der Waals surface area (Å²) in [5.41, 5.74) is 1.25. The first-order chi connectivity index (χ1) is 15.0. The van der Waals surface area contributed by atoms with Crippen molar-refractivity contribution in [2.24, 2.45) is 0 Å². The lowest BCUT2D eigenvalue weighted by Gasteiger charge is -2.16. The average Bonchev–Trinajstić information content (AvgIpc) is 3.17. The Bertz CT molecular complexity index is 1020. The van der Waals surface area contributed by atoms with E-state index in [1.807, 2.05) is 35.8 Å². The molecule has 0 bridgehead atoms. The van der Waals surface area contributed by atoms with E-state index in [0.717, 1.165) is 12.2 Å². The van der Waals surface area contributed by atoms with Crippen LogP contribution in [0.15, 0.2) is 60.4 Å². The van der Waals surface area contributed by atoms with E-state index in [-0.39, 0.29) is 17.8 Å². The number of amides is 1. The third-order valence-electron chi connectivity index (χ3n) is 4.39. The summed E-state index contributed by atoms with van der Waals surface area (Å²) in [5.74, 6) is 1.84. The van der Waals surface area contributed by atoms with Crippen LogP contribution in [0.2, 0.25) is 5.02 Å². The second kappa shape index (κ2) is 11.0. The second-order valence-electron chi connectivity index (χ2n) is 6.70. The summed E-state index contributed by atoms with van der Waals surface area (Å²) < 4.78 is 7.95. The van der Waals surface area contributed by atoms with E-state index in [9.17, 15) is 4.79 Å². The van der Waals surface area contributed by atoms with Gasteiger partial charge in [0.25, 0.3) is 0 Å². The number of hydrogen-bond acceptors (Lipinski definition) is 6. The van der Waals surface area contributed by atoms with Crippen molar-refractivity contribution in [3.05, 3.63) is 71.7 Å². The van der Waals surface area contributed by atoms with Gasteiger partial charge in [-0.05, 0) is 43.2 Å². The fraction of sp³-hybridized carbons (Fsp3) is 0.273. The van der Waals surface area contributed by atoms with Crippen LogP contribution in [0.5, 0.6) is 5.75 Å². The number of carbonyl (C=O) groups excluding carboxylic acids is 1. The highest BCUT2D eigenvalue weighted by atomic mass is 35.5. The molecule has 0 aliphatic heterocycles.